The zero-order valence-corrected chi connectivity index (χ0v) is 15.0. The largest absolute Gasteiger partial charge is 0.330 e. The van der Waals surface area contributed by atoms with Crippen molar-refractivity contribution in [1.82, 2.24) is 4.98 Å². The monoisotopic (exact) mass is 338 g/mol. The smallest absolute Gasteiger partial charge is 0.123 e. The third-order valence-corrected chi connectivity index (χ3v) is 7.67. The Balaban J connectivity index is 1.42. The molecule has 4 fully saturated rings. The van der Waals surface area contributed by atoms with Crippen molar-refractivity contribution in [2.75, 3.05) is 6.54 Å². The van der Waals surface area contributed by atoms with E-state index in [1.807, 2.05) is 0 Å². The van der Waals surface area contributed by atoms with Gasteiger partial charge in [0.1, 0.15) is 5.01 Å². The van der Waals surface area contributed by atoms with Crippen LogP contribution in [0.2, 0.25) is 0 Å². The van der Waals surface area contributed by atoms with Crippen LogP contribution in [-0.4, -0.2) is 11.5 Å². The standard InChI is InChI=1S/C21H26N2S/c22-6-5-19-13-24-20(23-19)17-1-3-18(4-2-17)21-10-14-7-15(11-21)9-16(8-14)12-21/h1-4,13-16H,5-12,22H2. The SMILES string of the molecule is NCCc1csc(-c2ccc(C34CC5CC(CC(C5)C3)C4)cc2)n1. The second kappa shape index (κ2) is 5.67. The van der Waals surface area contributed by atoms with E-state index in [1.165, 1.54) is 44.1 Å². The maximum Gasteiger partial charge on any atom is 0.123 e. The molecule has 0 atom stereocenters. The maximum absolute atomic E-state index is 5.64. The van der Waals surface area contributed by atoms with Gasteiger partial charge in [-0.05, 0) is 73.8 Å². The van der Waals surface area contributed by atoms with E-state index in [1.54, 1.807) is 16.9 Å². The highest BCUT2D eigenvalue weighted by Crippen LogP contribution is 2.60. The summed E-state index contributed by atoms with van der Waals surface area (Å²) in [6.07, 6.45) is 9.74. The molecule has 1 aromatic carbocycles. The number of rotatable bonds is 4. The Morgan fingerprint density at radius 2 is 1.62 bits per heavy atom. The quantitative estimate of drug-likeness (QED) is 0.871. The summed E-state index contributed by atoms with van der Waals surface area (Å²) in [7, 11) is 0. The molecule has 2 nitrogen and oxygen atoms in total. The van der Waals surface area contributed by atoms with Gasteiger partial charge in [0.2, 0.25) is 0 Å². The summed E-state index contributed by atoms with van der Waals surface area (Å²) < 4.78 is 0. The van der Waals surface area contributed by atoms with Crippen LogP contribution in [0.3, 0.4) is 0 Å². The fourth-order valence-electron chi connectivity index (χ4n) is 6.13. The lowest BCUT2D eigenvalue weighted by molar-refractivity contribution is -0.00518. The number of benzene rings is 1. The third-order valence-electron chi connectivity index (χ3n) is 6.73. The zero-order chi connectivity index (χ0) is 16.1. The van der Waals surface area contributed by atoms with Crippen molar-refractivity contribution in [2.24, 2.45) is 23.5 Å². The van der Waals surface area contributed by atoms with E-state index in [9.17, 15) is 0 Å². The molecule has 0 radical (unpaired) electrons. The van der Waals surface area contributed by atoms with Crippen LogP contribution < -0.4 is 5.73 Å². The first-order valence-electron chi connectivity index (χ1n) is 9.49. The summed E-state index contributed by atoms with van der Waals surface area (Å²) in [6.45, 7) is 0.675. The molecule has 0 saturated heterocycles. The van der Waals surface area contributed by atoms with Gasteiger partial charge in [0.15, 0.2) is 0 Å². The lowest BCUT2D eigenvalue weighted by Gasteiger charge is -2.57. The van der Waals surface area contributed by atoms with Crippen LogP contribution in [0.4, 0.5) is 0 Å². The van der Waals surface area contributed by atoms with E-state index in [0.717, 1.165) is 34.9 Å². The molecule has 126 valence electrons. The molecular formula is C21H26N2S. The fourth-order valence-corrected chi connectivity index (χ4v) is 6.99. The summed E-state index contributed by atoms with van der Waals surface area (Å²) in [6, 6.07) is 9.43. The van der Waals surface area contributed by atoms with Gasteiger partial charge in [-0.1, -0.05) is 24.3 Å². The first-order valence-corrected chi connectivity index (χ1v) is 10.4. The van der Waals surface area contributed by atoms with Crippen LogP contribution in [0, 0.1) is 17.8 Å². The molecule has 0 amide bonds. The second-order valence-electron chi connectivity index (χ2n) is 8.46. The molecular weight excluding hydrogens is 312 g/mol. The van der Waals surface area contributed by atoms with E-state index in [2.05, 4.69) is 29.6 Å². The molecule has 24 heavy (non-hydrogen) atoms. The Bertz CT molecular complexity index is 695. The Hall–Kier alpha value is -1.19. The maximum atomic E-state index is 5.64. The minimum Gasteiger partial charge on any atom is -0.330 e. The van der Waals surface area contributed by atoms with Crippen LogP contribution in [0.1, 0.15) is 49.8 Å². The average molecular weight is 339 g/mol. The summed E-state index contributed by atoms with van der Waals surface area (Å²) in [5.41, 5.74) is 10.1. The number of hydrogen-bond acceptors (Lipinski definition) is 3. The lowest BCUT2D eigenvalue weighted by atomic mass is 9.48. The minimum absolute atomic E-state index is 0.501. The molecule has 0 spiro atoms. The molecule has 4 aliphatic rings. The summed E-state index contributed by atoms with van der Waals surface area (Å²) >= 11 is 1.74. The van der Waals surface area contributed by atoms with Gasteiger partial charge in [0, 0.05) is 17.4 Å². The van der Waals surface area contributed by atoms with Gasteiger partial charge >= 0.3 is 0 Å². The fraction of sp³-hybridized carbons (Fsp3) is 0.571. The second-order valence-corrected chi connectivity index (χ2v) is 9.32. The Kier molecular flexibility index (Phi) is 3.57. The van der Waals surface area contributed by atoms with Gasteiger partial charge in [-0.2, -0.15) is 0 Å². The molecule has 2 N–H and O–H groups in total. The van der Waals surface area contributed by atoms with Crippen molar-refractivity contribution in [3.05, 3.63) is 40.9 Å². The van der Waals surface area contributed by atoms with E-state index in [0.29, 0.717) is 12.0 Å². The summed E-state index contributed by atoms with van der Waals surface area (Å²) in [4.78, 5) is 4.73. The first kappa shape index (κ1) is 15.1. The molecule has 4 bridgehead atoms. The lowest BCUT2D eigenvalue weighted by Crippen LogP contribution is -2.48. The highest BCUT2D eigenvalue weighted by atomic mass is 32.1. The number of hydrogen-bond donors (Lipinski definition) is 1. The van der Waals surface area contributed by atoms with Gasteiger partial charge in [-0.3, -0.25) is 0 Å². The Morgan fingerprint density at radius 3 is 2.21 bits per heavy atom. The van der Waals surface area contributed by atoms with Crippen LogP contribution in [0.5, 0.6) is 0 Å². The Labute approximate surface area is 148 Å². The first-order chi connectivity index (χ1) is 11.7. The van der Waals surface area contributed by atoms with Gasteiger partial charge in [0.25, 0.3) is 0 Å². The van der Waals surface area contributed by atoms with Crippen molar-refractivity contribution in [1.29, 1.82) is 0 Å². The third kappa shape index (κ3) is 2.44. The van der Waals surface area contributed by atoms with E-state index < -0.39 is 0 Å². The number of nitrogens with two attached hydrogens (primary N) is 1. The molecule has 0 aliphatic heterocycles. The molecule has 4 aliphatic carbocycles. The van der Waals surface area contributed by atoms with Crippen molar-refractivity contribution in [2.45, 2.75) is 50.4 Å². The Morgan fingerprint density at radius 1 is 1.00 bits per heavy atom. The molecule has 1 heterocycles. The predicted molar refractivity (Wildman–Crippen MR) is 100 cm³/mol. The minimum atomic E-state index is 0.501. The van der Waals surface area contributed by atoms with Gasteiger partial charge in [-0.25, -0.2) is 4.98 Å². The normalized spacial score (nSPS) is 34.0. The number of aromatic nitrogens is 1. The molecule has 1 aromatic heterocycles. The van der Waals surface area contributed by atoms with E-state index in [4.69, 9.17) is 10.7 Å². The molecule has 2 aromatic rings. The van der Waals surface area contributed by atoms with E-state index >= 15 is 0 Å². The topological polar surface area (TPSA) is 38.9 Å². The van der Waals surface area contributed by atoms with Crippen LogP contribution in [-0.2, 0) is 11.8 Å². The highest BCUT2D eigenvalue weighted by Gasteiger charge is 2.51. The predicted octanol–water partition coefficient (Wildman–Crippen LogP) is 4.78. The van der Waals surface area contributed by atoms with Crippen molar-refractivity contribution in [3.8, 4) is 10.6 Å². The molecule has 6 rings (SSSR count). The van der Waals surface area contributed by atoms with Crippen molar-refractivity contribution >= 4 is 11.3 Å². The van der Waals surface area contributed by atoms with Crippen LogP contribution in [0.15, 0.2) is 29.6 Å². The van der Waals surface area contributed by atoms with Gasteiger partial charge in [-0.15, -0.1) is 11.3 Å². The molecule has 0 unspecified atom stereocenters. The number of nitrogens with zero attached hydrogens (tertiary/aromatic N) is 1. The van der Waals surface area contributed by atoms with Gasteiger partial charge < -0.3 is 5.73 Å². The van der Waals surface area contributed by atoms with Gasteiger partial charge in [0.05, 0.1) is 5.69 Å². The average Bonchev–Trinajstić information content (AvgIpc) is 3.03. The summed E-state index contributed by atoms with van der Waals surface area (Å²) in [5, 5.41) is 3.28. The number of thiazole rings is 1. The highest BCUT2D eigenvalue weighted by molar-refractivity contribution is 7.13. The van der Waals surface area contributed by atoms with Crippen molar-refractivity contribution in [3.63, 3.8) is 0 Å². The van der Waals surface area contributed by atoms with Crippen LogP contribution >= 0.6 is 11.3 Å². The van der Waals surface area contributed by atoms with Crippen molar-refractivity contribution < 1.29 is 0 Å². The molecule has 4 saturated carbocycles. The van der Waals surface area contributed by atoms with Crippen LogP contribution in [0.25, 0.3) is 10.6 Å². The molecule has 3 heteroatoms. The zero-order valence-electron chi connectivity index (χ0n) is 14.2. The van der Waals surface area contributed by atoms with E-state index in [-0.39, 0.29) is 0 Å². The summed E-state index contributed by atoms with van der Waals surface area (Å²) in [5.74, 6) is 3.02.